The molecule has 0 radical (unpaired) electrons. The van der Waals surface area contributed by atoms with Gasteiger partial charge in [0.05, 0.1) is 11.1 Å². The molecule has 3 N–H and O–H groups in total. The Labute approximate surface area is 140 Å². The molecular weight excluding hydrogens is 321 g/mol. The minimum atomic E-state index is -0.980. The van der Waals surface area contributed by atoms with Gasteiger partial charge in [-0.2, -0.15) is 0 Å². The standard InChI is InChI=1S/C16H23ClFN3O2/c1-2-21-7-3-4-12(21)9-19-16(23)20-10-15(22)11-5-6-13(17)14(18)8-11/h5-6,8,12,15,22H,2-4,7,9-10H2,1H3,(H2,19,20,23). The van der Waals surface area contributed by atoms with Gasteiger partial charge in [-0.15, -0.1) is 0 Å². The van der Waals surface area contributed by atoms with Crippen LogP contribution in [-0.2, 0) is 0 Å². The molecule has 23 heavy (non-hydrogen) atoms. The molecule has 128 valence electrons. The van der Waals surface area contributed by atoms with Gasteiger partial charge in [-0.05, 0) is 43.6 Å². The van der Waals surface area contributed by atoms with E-state index >= 15 is 0 Å². The lowest BCUT2D eigenvalue weighted by atomic mass is 10.1. The van der Waals surface area contributed by atoms with Crippen molar-refractivity contribution in [2.24, 2.45) is 0 Å². The molecule has 0 saturated carbocycles. The van der Waals surface area contributed by atoms with Crippen LogP contribution in [0.4, 0.5) is 9.18 Å². The predicted molar refractivity (Wildman–Crippen MR) is 88.0 cm³/mol. The SMILES string of the molecule is CCN1CCCC1CNC(=O)NCC(O)c1ccc(Cl)c(F)c1. The molecule has 0 aromatic heterocycles. The van der Waals surface area contributed by atoms with Crippen LogP contribution in [0.5, 0.6) is 0 Å². The van der Waals surface area contributed by atoms with E-state index < -0.39 is 11.9 Å². The van der Waals surface area contributed by atoms with E-state index in [-0.39, 0.29) is 17.6 Å². The van der Waals surface area contributed by atoms with Crippen LogP contribution in [0.15, 0.2) is 18.2 Å². The van der Waals surface area contributed by atoms with Crippen LogP contribution in [0.2, 0.25) is 5.02 Å². The van der Waals surface area contributed by atoms with Crippen molar-refractivity contribution in [2.45, 2.75) is 31.9 Å². The van der Waals surface area contributed by atoms with E-state index in [0.29, 0.717) is 18.2 Å². The molecule has 2 unspecified atom stereocenters. The largest absolute Gasteiger partial charge is 0.387 e. The van der Waals surface area contributed by atoms with Crippen molar-refractivity contribution in [1.82, 2.24) is 15.5 Å². The third-order valence-corrected chi connectivity index (χ3v) is 4.49. The van der Waals surface area contributed by atoms with Crippen LogP contribution in [0.3, 0.4) is 0 Å². The normalized spacial score (nSPS) is 19.6. The smallest absolute Gasteiger partial charge is 0.314 e. The zero-order chi connectivity index (χ0) is 16.8. The molecular formula is C16H23ClFN3O2. The second-order valence-corrected chi connectivity index (χ2v) is 6.11. The summed E-state index contributed by atoms with van der Waals surface area (Å²) in [5.41, 5.74) is 0.375. The van der Waals surface area contributed by atoms with Crippen LogP contribution in [0.1, 0.15) is 31.4 Å². The summed E-state index contributed by atoms with van der Waals surface area (Å²) in [4.78, 5) is 14.1. The number of aliphatic hydroxyl groups is 1. The number of aliphatic hydroxyl groups excluding tert-OH is 1. The van der Waals surface area contributed by atoms with Crippen LogP contribution >= 0.6 is 11.6 Å². The molecule has 0 spiro atoms. The molecule has 1 aromatic rings. The number of hydrogen-bond acceptors (Lipinski definition) is 3. The molecule has 1 heterocycles. The van der Waals surface area contributed by atoms with Crippen molar-refractivity contribution in [3.63, 3.8) is 0 Å². The Morgan fingerprint density at radius 1 is 1.52 bits per heavy atom. The van der Waals surface area contributed by atoms with Gasteiger partial charge in [0.1, 0.15) is 5.82 Å². The molecule has 2 amide bonds. The second-order valence-electron chi connectivity index (χ2n) is 5.70. The van der Waals surface area contributed by atoms with E-state index in [9.17, 15) is 14.3 Å². The van der Waals surface area contributed by atoms with E-state index in [1.165, 1.54) is 18.2 Å². The quantitative estimate of drug-likeness (QED) is 0.742. The van der Waals surface area contributed by atoms with Crippen molar-refractivity contribution in [1.29, 1.82) is 0 Å². The summed E-state index contributed by atoms with van der Waals surface area (Å²) in [6.07, 6.45) is 1.26. The van der Waals surface area contributed by atoms with Crippen LogP contribution < -0.4 is 10.6 Å². The number of benzene rings is 1. The lowest BCUT2D eigenvalue weighted by molar-refractivity contribution is 0.172. The highest BCUT2D eigenvalue weighted by molar-refractivity contribution is 6.30. The Hall–Kier alpha value is -1.37. The molecule has 1 aromatic carbocycles. The number of likely N-dealkylation sites (N-methyl/N-ethyl adjacent to an activating group) is 1. The lowest BCUT2D eigenvalue weighted by Gasteiger charge is -2.23. The summed E-state index contributed by atoms with van der Waals surface area (Å²) in [5.74, 6) is -0.589. The van der Waals surface area contributed by atoms with E-state index in [1.807, 2.05) is 0 Å². The molecule has 1 saturated heterocycles. The Morgan fingerprint density at radius 3 is 3.00 bits per heavy atom. The number of nitrogens with one attached hydrogen (secondary N) is 2. The van der Waals surface area contributed by atoms with E-state index in [0.717, 1.165) is 25.9 Å². The van der Waals surface area contributed by atoms with Gasteiger partial charge in [0, 0.05) is 19.1 Å². The maximum absolute atomic E-state index is 13.4. The Morgan fingerprint density at radius 2 is 2.30 bits per heavy atom. The van der Waals surface area contributed by atoms with Gasteiger partial charge in [-0.25, -0.2) is 9.18 Å². The fraction of sp³-hybridized carbons (Fsp3) is 0.562. The van der Waals surface area contributed by atoms with Gasteiger partial charge < -0.3 is 15.7 Å². The molecule has 1 fully saturated rings. The Kier molecular flexibility index (Phi) is 6.62. The minimum absolute atomic E-state index is 0.00342. The maximum Gasteiger partial charge on any atom is 0.314 e. The van der Waals surface area contributed by atoms with Gasteiger partial charge in [-0.1, -0.05) is 24.6 Å². The summed E-state index contributed by atoms with van der Waals surface area (Å²) in [6, 6.07) is 4.13. The van der Waals surface area contributed by atoms with Gasteiger partial charge >= 0.3 is 6.03 Å². The van der Waals surface area contributed by atoms with Crippen LogP contribution in [0.25, 0.3) is 0 Å². The predicted octanol–water partition coefficient (Wildman–Crippen LogP) is 2.30. The number of rotatable bonds is 6. The first-order valence-electron chi connectivity index (χ1n) is 7.90. The van der Waals surface area contributed by atoms with Gasteiger partial charge in [0.25, 0.3) is 0 Å². The van der Waals surface area contributed by atoms with Crippen molar-refractivity contribution < 1.29 is 14.3 Å². The fourth-order valence-electron chi connectivity index (χ4n) is 2.84. The maximum atomic E-state index is 13.4. The number of carbonyl (C=O) groups is 1. The zero-order valence-electron chi connectivity index (χ0n) is 13.2. The summed E-state index contributed by atoms with van der Waals surface area (Å²) in [5, 5.41) is 15.4. The van der Waals surface area contributed by atoms with E-state index in [2.05, 4.69) is 22.5 Å². The first kappa shape index (κ1) is 18.0. The second kappa shape index (κ2) is 8.47. The topological polar surface area (TPSA) is 64.6 Å². The number of urea groups is 1. The zero-order valence-corrected chi connectivity index (χ0v) is 13.9. The Bertz CT molecular complexity index is 544. The highest BCUT2D eigenvalue weighted by atomic mass is 35.5. The number of amides is 2. The highest BCUT2D eigenvalue weighted by Crippen LogP contribution is 2.20. The summed E-state index contributed by atoms with van der Waals surface area (Å²) >= 11 is 5.60. The number of likely N-dealkylation sites (tertiary alicyclic amines) is 1. The highest BCUT2D eigenvalue weighted by Gasteiger charge is 2.23. The van der Waals surface area contributed by atoms with E-state index in [1.54, 1.807) is 0 Å². The van der Waals surface area contributed by atoms with Gasteiger partial charge in [0.15, 0.2) is 0 Å². The average Bonchev–Trinajstić information content (AvgIpc) is 3.00. The molecule has 5 nitrogen and oxygen atoms in total. The molecule has 2 atom stereocenters. The number of halogens is 2. The molecule has 1 aliphatic heterocycles. The molecule has 7 heteroatoms. The summed E-state index contributed by atoms with van der Waals surface area (Å²) in [7, 11) is 0. The fourth-order valence-corrected chi connectivity index (χ4v) is 2.96. The molecule has 1 aliphatic rings. The summed E-state index contributed by atoms with van der Waals surface area (Å²) < 4.78 is 13.4. The molecule has 0 bridgehead atoms. The summed E-state index contributed by atoms with van der Waals surface area (Å²) in [6.45, 7) is 4.76. The average molecular weight is 344 g/mol. The number of carbonyl (C=O) groups excluding carboxylic acids is 1. The van der Waals surface area contributed by atoms with Crippen LogP contribution in [-0.4, -0.2) is 48.3 Å². The third kappa shape index (κ3) is 5.06. The lowest BCUT2D eigenvalue weighted by Crippen LogP contribution is -2.44. The molecule has 0 aliphatic carbocycles. The first-order chi connectivity index (χ1) is 11.0. The van der Waals surface area contributed by atoms with Gasteiger partial charge in [-0.3, -0.25) is 4.90 Å². The molecule has 2 rings (SSSR count). The van der Waals surface area contributed by atoms with Crippen molar-refractivity contribution in [3.8, 4) is 0 Å². The van der Waals surface area contributed by atoms with E-state index in [4.69, 9.17) is 11.6 Å². The monoisotopic (exact) mass is 343 g/mol. The van der Waals surface area contributed by atoms with Crippen molar-refractivity contribution >= 4 is 17.6 Å². The number of hydrogen-bond donors (Lipinski definition) is 3. The van der Waals surface area contributed by atoms with Crippen LogP contribution in [0, 0.1) is 5.82 Å². The Balaban J connectivity index is 1.74. The number of nitrogens with zero attached hydrogens (tertiary/aromatic N) is 1. The van der Waals surface area contributed by atoms with Crippen molar-refractivity contribution in [3.05, 3.63) is 34.6 Å². The third-order valence-electron chi connectivity index (χ3n) is 4.19. The van der Waals surface area contributed by atoms with Gasteiger partial charge in [0.2, 0.25) is 0 Å². The van der Waals surface area contributed by atoms with Crippen molar-refractivity contribution in [2.75, 3.05) is 26.2 Å². The minimum Gasteiger partial charge on any atom is -0.387 e. The first-order valence-corrected chi connectivity index (χ1v) is 8.27.